The molecule has 1 aromatic heterocycles. The molecular weight excluding hydrogens is 349 g/mol. The van der Waals surface area contributed by atoms with Crippen molar-refractivity contribution >= 4 is 11.9 Å². The van der Waals surface area contributed by atoms with E-state index in [1.807, 2.05) is 30.3 Å². The van der Waals surface area contributed by atoms with Crippen LogP contribution in [-0.4, -0.2) is 33.7 Å². The number of aliphatic carboxylic acids is 1. The van der Waals surface area contributed by atoms with Crippen LogP contribution in [0.15, 0.2) is 60.7 Å². The topological polar surface area (TPSA) is 95.1 Å². The maximum atomic E-state index is 13.0. The van der Waals surface area contributed by atoms with Gasteiger partial charge < -0.3 is 10.4 Å². The smallest absolute Gasteiger partial charge is 0.308 e. The van der Waals surface area contributed by atoms with Crippen molar-refractivity contribution in [2.24, 2.45) is 5.92 Å². The molecule has 2 aromatic carbocycles. The second-order valence-corrected chi connectivity index (χ2v) is 6.11. The molecule has 0 aliphatic rings. The Morgan fingerprint density at radius 1 is 1.11 bits per heavy atom. The molecule has 0 aliphatic heterocycles. The number of H-pyrrole nitrogens is 1. The fourth-order valence-electron chi connectivity index (χ4n) is 2.66. The minimum atomic E-state index is -0.976. The van der Waals surface area contributed by atoms with Crippen LogP contribution in [0.3, 0.4) is 0 Å². The lowest BCUT2D eigenvalue weighted by atomic mass is 9.99. The average molecular weight is 367 g/mol. The van der Waals surface area contributed by atoms with E-state index >= 15 is 0 Å². The summed E-state index contributed by atoms with van der Waals surface area (Å²) in [4.78, 5) is 23.8. The predicted octanol–water partition coefficient (Wildman–Crippen LogP) is 2.89. The Kier molecular flexibility index (Phi) is 5.61. The van der Waals surface area contributed by atoms with Gasteiger partial charge in [-0.2, -0.15) is 5.10 Å². The maximum absolute atomic E-state index is 13.0. The fraction of sp³-hybridized carbons (Fsp3) is 0.150. The molecule has 3 aromatic rings. The summed E-state index contributed by atoms with van der Waals surface area (Å²) >= 11 is 0. The minimum absolute atomic E-state index is 0.00599. The van der Waals surface area contributed by atoms with Crippen molar-refractivity contribution < 1.29 is 19.1 Å². The Hall–Kier alpha value is -3.48. The number of halogens is 1. The highest BCUT2D eigenvalue weighted by Gasteiger charge is 2.20. The minimum Gasteiger partial charge on any atom is -0.481 e. The van der Waals surface area contributed by atoms with E-state index in [9.17, 15) is 19.1 Å². The number of aromatic amines is 1. The normalized spacial score (nSPS) is 11.7. The number of carboxylic acid groups (broad SMARTS) is 1. The van der Waals surface area contributed by atoms with Gasteiger partial charge in [-0.05, 0) is 42.3 Å². The standard InChI is InChI=1S/C20H18FN3O3/c21-16-8-6-14(7-9-16)17-11-18(24-23-17)19(25)22-12-15(20(26)27)10-13-4-2-1-3-5-13/h1-9,11,15H,10,12H2,(H,22,25)(H,23,24)(H,26,27)/t15-/m0/s1. The van der Waals surface area contributed by atoms with Crippen molar-refractivity contribution in [2.75, 3.05) is 6.54 Å². The van der Waals surface area contributed by atoms with Gasteiger partial charge in [0.15, 0.2) is 0 Å². The van der Waals surface area contributed by atoms with Gasteiger partial charge in [-0.15, -0.1) is 0 Å². The number of hydrogen-bond acceptors (Lipinski definition) is 3. The Bertz CT molecular complexity index is 923. The molecule has 1 heterocycles. The van der Waals surface area contributed by atoms with Gasteiger partial charge >= 0.3 is 5.97 Å². The number of nitrogens with one attached hydrogen (secondary N) is 2. The van der Waals surface area contributed by atoms with E-state index in [1.165, 1.54) is 18.2 Å². The summed E-state index contributed by atoms with van der Waals surface area (Å²) in [6, 6.07) is 16.5. The molecule has 0 spiro atoms. The summed E-state index contributed by atoms with van der Waals surface area (Å²) < 4.78 is 13.0. The van der Waals surface area contributed by atoms with E-state index in [0.29, 0.717) is 17.7 Å². The molecule has 1 amide bonds. The summed E-state index contributed by atoms with van der Waals surface area (Å²) in [6.07, 6.45) is 0.320. The first-order valence-corrected chi connectivity index (χ1v) is 8.39. The predicted molar refractivity (Wildman–Crippen MR) is 97.6 cm³/mol. The summed E-state index contributed by atoms with van der Waals surface area (Å²) in [5.41, 5.74) is 2.26. The van der Waals surface area contributed by atoms with E-state index in [1.54, 1.807) is 12.1 Å². The van der Waals surface area contributed by atoms with Crippen molar-refractivity contribution in [1.29, 1.82) is 0 Å². The van der Waals surface area contributed by atoms with E-state index in [4.69, 9.17) is 0 Å². The first-order chi connectivity index (χ1) is 13.0. The molecule has 0 saturated carbocycles. The van der Waals surface area contributed by atoms with Crippen LogP contribution in [0, 0.1) is 11.7 Å². The first-order valence-electron chi connectivity index (χ1n) is 8.39. The SMILES string of the molecule is O=C(NC[C@H](Cc1ccccc1)C(=O)O)c1cc(-c2ccc(F)cc2)n[nH]1. The number of carbonyl (C=O) groups is 2. The second-order valence-electron chi connectivity index (χ2n) is 6.11. The van der Waals surface area contributed by atoms with Crippen LogP contribution in [0.4, 0.5) is 4.39 Å². The number of amides is 1. The number of carboxylic acids is 1. The number of rotatable bonds is 7. The second kappa shape index (κ2) is 8.27. The van der Waals surface area contributed by atoms with Crippen LogP contribution in [0.1, 0.15) is 16.1 Å². The molecule has 7 heteroatoms. The summed E-state index contributed by atoms with van der Waals surface area (Å²) in [5.74, 6) is -2.52. The zero-order valence-electron chi connectivity index (χ0n) is 14.4. The Balaban J connectivity index is 1.62. The monoisotopic (exact) mass is 367 g/mol. The van der Waals surface area contributed by atoms with Gasteiger partial charge in [0.25, 0.3) is 5.91 Å². The first kappa shape index (κ1) is 18.3. The Morgan fingerprint density at radius 3 is 2.48 bits per heavy atom. The van der Waals surface area contributed by atoms with Crippen molar-refractivity contribution in [1.82, 2.24) is 15.5 Å². The fourth-order valence-corrected chi connectivity index (χ4v) is 2.66. The zero-order valence-corrected chi connectivity index (χ0v) is 14.4. The molecule has 0 unspecified atom stereocenters. The van der Waals surface area contributed by atoms with Crippen LogP contribution in [0.5, 0.6) is 0 Å². The third kappa shape index (κ3) is 4.78. The van der Waals surface area contributed by atoms with Gasteiger partial charge in [-0.1, -0.05) is 30.3 Å². The average Bonchev–Trinajstić information content (AvgIpc) is 3.16. The summed E-state index contributed by atoms with van der Waals surface area (Å²) in [7, 11) is 0. The van der Waals surface area contributed by atoms with Gasteiger partial charge in [0.2, 0.25) is 0 Å². The molecule has 1 atom stereocenters. The largest absolute Gasteiger partial charge is 0.481 e. The Labute approximate surface area is 155 Å². The van der Waals surface area contributed by atoms with Crippen LogP contribution < -0.4 is 5.32 Å². The molecule has 138 valence electrons. The van der Waals surface area contributed by atoms with Crippen LogP contribution in [-0.2, 0) is 11.2 Å². The summed E-state index contributed by atoms with van der Waals surface area (Å²) in [5, 5.41) is 18.7. The summed E-state index contributed by atoms with van der Waals surface area (Å²) in [6.45, 7) is -0.00599. The number of benzene rings is 2. The lowest BCUT2D eigenvalue weighted by Gasteiger charge is -2.13. The third-order valence-electron chi connectivity index (χ3n) is 4.15. The van der Waals surface area contributed by atoms with Crippen molar-refractivity contribution in [3.05, 3.63) is 77.7 Å². The van der Waals surface area contributed by atoms with Gasteiger partial charge in [-0.25, -0.2) is 4.39 Å². The van der Waals surface area contributed by atoms with Gasteiger partial charge in [0, 0.05) is 12.1 Å². The molecule has 3 rings (SSSR count). The highest BCUT2D eigenvalue weighted by atomic mass is 19.1. The highest BCUT2D eigenvalue weighted by molar-refractivity contribution is 5.93. The molecule has 0 aliphatic carbocycles. The number of aromatic nitrogens is 2. The molecule has 0 saturated heterocycles. The lowest BCUT2D eigenvalue weighted by molar-refractivity contribution is -0.141. The van der Waals surface area contributed by atoms with E-state index in [0.717, 1.165) is 5.56 Å². The van der Waals surface area contributed by atoms with Gasteiger partial charge in [0.05, 0.1) is 11.6 Å². The van der Waals surface area contributed by atoms with Crippen molar-refractivity contribution in [3.63, 3.8) is 0 Å². The number of nitrogens with zero attached hydrogens (tertiary/aromatic N) is 1. The molecule has 6 nitrogen and oxygen atoms in total. The maximum Gasteiger partial charge on any atom is 0.308 e. The molecule has 3 N–H and O–H groups in total. The van der Waals surface area contributed by atoms with E-state index in [-0.39, 0.29) is 18.1 Å². The molecule has 0 bridgehead atoms. The van der Waals surface area contributed by atoms with Crippen LogP contribution >= 0.6 is 0 Å². The number of hydrogen-bond donors (Lipinski definition) is 3. The van der Waals surface area contributed by atoms with Crippen molar-refractivity contribution in [2.45, 2.75) is 6.42 Å². The van der Waals surface area contributed by atoms with E-state index in [2.05, 4.69) is 15.5 Å². The molecule has 0 fully saturated rings. The molecular formula is C20H18FN3O3. The molecule has 27 heavy (non-hydrogen) atoms. The zero-order chi connectivity index (χ0) is 19.2. The quantitative estimate of drug-likeness (QED) is 0.598. The lowest BCUT2D eigenvalue weighted by Crippen LogP contribution is -2.34. The van der Waals surface area contributed by atoms with Crippen LogP contribution in [0.2, 0.25) is 0 Å². The van der Waals surface area contributed by atoms with Crippen LogP contribution in [0.25, 0.3) is 11.3 Å². The third-order valence-corrected chi connectivity index (χ3v) is 4.15. The van der Waals surface area contributed by atoms with Gasteiger partial charge in [0.1, 0.15) is 11.5 Å². The van der Waals surface area contributed by atoms with Gasteiger partial charge in [-0.3, -0.25) is 14.7 Å². The highest BCUT2D eigenvalue weighted by Crippen LogP contribution is 2.18. The number of carbonyl (C=O) groups excluding carboxylic acids is 1. The molecule has 0 radical (unpaired) electrons. The van der Waals surface area contributed by atoms with E-state index < -0.39 is 17.8 Å². The Morgan fingerprint density at radius 2 is 1.81 bits per heavy atom. The van der Waals surface area contributed by atoms with Crippen molar-refractivity contribution in [3.8, 4) is 11.3 Å².